The first kappa shape index (κ1) is 18.5. The molecule has 2 aromatic carbocycles. The third-order valence-electron chi connectivity index (χ3n) is 3.88. The molecule has 0 aliphatic carbocycles. The van der Waals surface area contributed by atoms with Crippen LogP contribution >= 0.6 is 7.14 Å². The number of allylic oxidation sites excluding steroid dienone is 2. The lowest BCUT2D eigenvalue weighted by molar-refractivity contribution is 0.590. The lowest BCUT2D eigenvalue weighted by Crippen LogP contribution is -2.18. The van der Waals surface area contributed by atoms with Crippen molar-refractivity contribution in [2.45, 2.75) is 33.5 Å². The maximum atomic E-state index is 14.2. The van der Waals surface area contributed by atoms with E-state index in [-0.39, 0.29) is 0 Å². The van der Waals surface area contributed by atoms with Gasteiger partial charge in [-0.3, -0.25) is 0 Å². The molecule has 1 nitrogen and oxygen atoms in total. The van der Waals surface area contributed by atoms with Crippen molar-refractivity contribution in [1.82, 2.24) is 0 Å². The topological polar surface area (TPSA) is 17.1 Å². The predicted octanol–water partition coefficient (Wildman–Crippen LogP) is 5.18. The van der Waals surface area contributed by atoms with Crippen molar-refractivity contribution in [2.75, 3.05) is 0 Å². The van der Waals surface area contributed by atoms with Crippen LogP contribution in [0.5, 0.6) is 0 Å². The van der Waals surface area contributed by atoms with Crippen LogP contribution in [0.3, 0.4) is 0 Å². The first-order chi connectivity index (χ1) is 11.2. The molecule has 0 fully saturated rings. The van der Waals surface area contributed by atoms with Crippen molar-refractivity contribution in [2.24, 2.45) is 0 Å². The summed E-state index contributed by atoms with van der Waals surface area (Å²) in [6.07, 6.45) is 0. The van der Waals surface area contributed by atoms with Gasteiger partial charge in [-0.1, -0.05) is 86.2 Å². The maximum absolute atomic E-state index is 14.2. The molecular formula is C21H25OPSi. The molecule has 0 aliphatic heterocycles. The van der Waals surface area contributed by atoms with Gasteiger partial charge in [0, 0.05) is 21.5 Å². The van der Waals surface area contributed by atoms with E-state index in [0.717, 1.165) is 21.5 Å². The Morgan fingerprint density at radius 2 is 1.25 bits per heavy atom. The summed E-state index contributed by atoms with van der Waals surface area (Å²) in [5.74, 6) is 3.29. The van der Waals surface area contributed by atoms with E-state index in [2.05, 4.69) is 31.1 Å². The van der Waals surface area contributed by atoms with E-state index in [4.69, 9.17) is 0 Å². The summed E-state index contributed by atoms with van der Waals surface area (Å²) >= 11 is 0. The smallest absolute Gasteiger partial charge is 0.167 e. The summed E-state index contributed by atoms with van der Waals surface area (Å²) in [6, 6.07) is 19.5. The number of rotatable bonds is 3. The van der Waals surface area contributed by atoms with Crippen molar-refractivity contribution in [1.29, 1.82) is 0 Å². The Morgan fingerprint density at radius 3 is 1.62 bits per heavy atom. The zero-order valence-electron chi connectivity index (χ0n) is 15.1. The van der Waals surface area contributed by atoms with E-state index in [1.54, 1.807) is 0 Å². The van der Waals surface area contributed by atoms with Crippen molar-refractivity contribution >= 4 is 25.8 Å². The van der Waals surface area contributed by atoms with E-state index in [9.17, 15) is 4.57 Å². The molecule has 0 saturated heterocycles. The minimum Gasteiger partial charge on any atom is -0.309 e. The van der Waals surface area contributed by atoms with Gasteiger partial charge in [-0.15, -0.1) is 5.54 Å². The maximum Gasteiger partial charge on any atom is 0.167 e. The van der Waals surface area contributed by atoms with Gasteiger partial charge in [0.1, 0.15) is 8.07 Å². The van der Waals surface area contributed by atoms with Crippen LogP contribution in [-0.2, 0) is 4.57 Å². The Bertz CT molecular complexity index is 791. The van der Waals surface area contributed by atoms with Gasteiger partial charge in [0.05, 0.1) is 0 Å². The van der Waals surface area contributed by atoms with E-state index < -0.39 is 15.2 Å². The Balaban J connectivity index is 2.68. The Morgan fingerprint density at radius 1 is 0.833 bits per heavy atom. The van der Waals surface area contributed by atoms with E-state index in [1.165, 1.54) is 0 Å². The number of hydrogen-bond acceptors (Lipinski definition) is 1. The van der Waals surface area contributed by atoms with Crippen LogP contribution in [0.25, 0.3) is 0 Å². The monoisotopic (exact) mass is 352 g/mol. The highest BCUT2D eigenvalue weighted by atomic mass is 31.2. The van der Waals surface area contributed by atoms with Gasteiger partial charge in [-0.25, -0.2) is 0 Å². The molecule has 24 heavy (non-hydrogen) atoms. The van der Waals surface area contributed by atoms with Gasteiger partial charge >= 0.3 is 0 Å². The Labute approximate surface area is 147 Å². The van der Waals surface area contributed by atoms with E-state index in [0.29, 0.717) is 0 Å². The molecule has 0 aliphatic rings. The molecule has 0 heterocycles. The zero-order valence-corrected chi connectivity index (χ0v) is 17.0. The molecule has 3 heteroatoms. The highest BCUT2D eigenvalue weighted by molar-refractivity contribution is 7.82. The lowest BCUT2D eigenvalue weighted by Gasteiger charge is -2.21. The molecule has 0 radical (unpaired) electrons. The predicted molar refractivity (Wildman–Crippen MR) is 109 cm³/mol. The minimum absolute atomic E-state index is 0.864. The summed E-state index contributed by atoms with van der Waals surface area (Å²) in [5, 5.41) is 2.61. The SMILES string of the molecule is C/C(C#C[Si](C)(C)C)=C(/C)P(=O)(c1ccccc1)c1ccccc1. The Hall–Kier alpha value is -1.81. The van der Waals surface area contributed by atoms with Crippen molar-refractivity contribution in [3.63, 3.8) is 0 Å². The zero-order chi connectivity index (χ0) is 17.8. The summed E-state index contributed by atoms with van der Waals surface area (Å²) in [7, 11) is -4.33. The van der Waals surface area contributed by atoms with Crippen LogP contribution in [0, 0.1) is 11.5 Å². The average Bonchev–Trinajstić information content (AvgIpc) is 2.59. The molecule has 2 rings (SSSR count). The average molecular weight is 352 g/mol. The van der Waals surface area contributed by atoms with Crippen LogP contribution in [0.1, 0.15) is 13.8 Å². The van der Waals surface area contributed by atoms with Gasteiger partial charge in [-0.2, -0.15) is 0 Å². The minimum atomic E-state index is -2.86. The number of hydrogen-bond donors (Lipinski definition) is 0. The largest absolute Gasteiger partial charge is 0.309 e. The first-order valence-electron chi connectivity index (χ1n) is 8.17. The standard InChI is InChI=1S/C21H25OPSi/c1-18(16-17-24(3,4)5)19(2)23(22,20-12-8-6-9-13-20)21-14-10-7-11-15-21/h6-15H,1-5H3/b19-18+. The molecule has 0 bridgehead atoms. The number of benzene rings is 2. The summed E-state index contributed by atoms with van der Waals surface area (Å²) in [5.41, 5.74) is 4.31. The molecule has 0 amide bonds. The highest BCUT2D eigenvalue weighted by Crippen LogP contribution is 2.52. The summed E-state index contributed by atoms with van der Waals surface area (Å²) in [4.78, 5) is 0. The van der Waals surface area contributed by atoms with Crippen LogP contribution in [0.15, 0.2) is 71.6 Å². The Kier molecular flexibility index (Phi) is 5.70. The summed E-state index contributed by atoms with van der Waals surface area (Å²) in [6.45, 7) is 10.6. The van der Waals surface area contributed by atoms with Gasteiger partial charge in [0.15, 0.2) is 7.14 Å². The fraction of sp³-hybridized carbons (Fsp3) is 0.238. The molecule has 0 atom stereocenters. The molecule has 0 unspecified atom stereocenters. The molecule has 0 N–H and O–H groups in total. The molecule has 0 saturated carbocycles. The van der Waals surface area contributed by atoms with E-state index >= 15 is 0 Å². The van der Waals surface area contributed by atoms with Crippen molar-refractivity contribution in [3.8, 4) is 11.5 Å². The van der Waals surface area contributed by atoms with E-state index in [1.807, 2.05) is 74.5 Å². The van der Waals surface area contributed by atoms with Crippen LogP contribution in [-0.4, -0.2) is 8.07 Å². The molecule has 0 aromatic heterocycles. The normalized spacial score (nSPS) is 12.9. The lowest BCUT2D eigenvalue weighted by atomic mass is 10.3. The van der Waals surface area contributed by atoms with Crippen molar-refractivity contribution in [3.05, 3.63) is 71.6 Å². The van der Waals surface area contributed by atoms with Gasteiger partial charge in [-0.05, 0) is 13.8 Å². The molecular weight excluding hydrogens is 327 g/mol. The molecule has 2 aromatic rings. The second kappa shape index (κ2) is 7.39. The second-order valence-electron chi connectivity index (χ2n) is 6.99. The van der Waals surface area contributed by atoms with Gasteiger partial charge in [0.2, 0.25) is 0 Å². The molecule has 0 spiro atoms. The fourth-order valence-electron chi connectivity index (χ4n) is 2.42. The first-order valence-corrected chi connectivity index (χ1v) is 13.4. The molecule has 124 valence electrons. The van der Waals surface area contributed by atoms with Crippen molar-refractivity contribution < 1.29 is 4.57 Å². The summed E-state index contributed by atoms with van der Waals surface area (Å²) < 4.78 is 14.2. The van der Waals surface area contributed by atoms with Crippen LogP contribution in [0.4, 0.5) is 0 Å². The van der Waals surface area contributed by atoms with Crippen LogP contribution in [0.2, 0.25) is 19.6 Å². The van der Waals surface area contributed by atoms with Crippen LogP contribution < -0.4 is 10.6 Å². The van der Waals surface area contributed by atoms with Gasteiger partial charge < -0.3 is 4.57 Å². The third kappa shape index (κ3) is 4.18. The second-order valence-corrected chi connectivity index (χ2v) is 14.7. The quantitative estimate of drug-likeness (QED) is 0.423. The van der Waals surface area contributed by atoms with Gasteiger partial charge in [0.25, 0.3) is 0 Å². The third-order valence-corrected chi connectivity index (χ3v) is 8.09. The highest BCUT2D eigenvalue weighted by Gasteiger charge is 2.30. The fourth-order valence-corrected chi connectivity index (χ4v) is 5.77.